The maximum Gasteiger partial charge on any atom is 0.336 e. The Labute approximate surface area is 131 Å². The Morgan fingerprint density at radius 1 is 1.04 bits per heavy atom. The van der Waals surface area contributed by atoms with Gasteiger partial charge in [0.2, 0.25) is 5.88 Å². The molecule has 0 aliphatic heterocycles. The van der Waals surface area contributed by atoms with Crippen molar-refractivity contribution in [3.05, 3.63) is 70.7 Å². The molecule has 23 heavy (non-hydrogen) atoms. The number of hydrogen-bond donors (Lipinski definition) is 0. The van der Waals surface area contributed by atoms with Crippen LogP contribution in [0.25, 0.3) is 21.7 Å². The standard InChI is InChI=1S/C18H12N2O3/c1-11-8-17(21)23-16-9-13(6-7-14(11)16)22-18-15-5-3-2-4-12(15)10-19-20-18/h2-10H,1H3. The van der Waals surface area contributed by atoms with Crippen LogP contribution in [-0.2, 0) is 0 Å². The molecule has 5 heteroatoms. The minimum atomic E-state index is -0.378. The summed E-state index contributed by atoms with van der Waals surface area (Å²) in [6, 6.07) is 14.6. The molecule has 0 aliphatic rings. The van der Waals surface area contributed by atoms with Crippen molar-refractivity contribution in [3.63, 3.8) is 0 Å². The van der Waals surface area contributed by atoms with Crippen molar-refractivity contribution in [2.75, 3.05) is 0 Å². The van der Waals surface area contributed by atoms with E-state index in [-0.39, 0.29) is 5.63 Å². The van der Waals surface area contributed by atoms with Crippen molar-refractivity contribution in [3.8, 4) is 11.6 Å². The largest absolute Gasteiger partial charge is 0.437 e. The molecule has 0 atom stereocenters. The lowest BCUT2D eigenvalue weighted by Crippen LogP contribution is -1.98. The summed E-state index contributed by atoms with van der Waals surface area (Å²) < 4.78 is 11.1. The van der Waals surface area contributed by atoms with Crippen LogP contribution in [0.5, 0.6) is 11.6 Å². The molecule has 0 N–H and O–H groups in total. The molecule has 0 aliphatic carbocycles. The molecule has 4 rings (SSSR count). The summed E-state index contributed by atoms with van der Waals surface area (Å²) in [5, 5.41) is 10.7. The van der Waals surface area contributed by atoms with E-state index in [1.165, 1.54) is 6.07 Å². The summed E-state index contributed by atoms with van der Waals surface area (Å²) in [4.78, 5) is 11.5. The second kappa shape index (κ2) is 5.21. The van der Waals surface area contributed by atoms with Crippen molar-refractivity contribution in [2.45, 2.75) is 6.92 Å². The minimum Gasteiger partial charge on any atom is -0.437 e. The van der Waals surface area contributed by atoms with Crippen molar-refractivity contribution in [2.24, 2.45) is 0 Å². The van der Waals surface area contributed by atoms with Crippen LogP contribution in [0.15, 0.2) is 63.9 Å². The molecule has 0 unspecified atom stereocenters. The second-order valence-corrected chi connectivity index (χ2v) is 5.25. The van der Waals surface area contributed by atoms with Gasteiger partial charge in [-0.3, -0.25) is 0 Å². The fraction of sp³-hybridized carbons (Fsp3) is 0.0556. The van der Waals surface area contributed by atoms with Crippen molar-refractivity contribution >= 4 is 21.7 Å². The molecule has 0 spiro atoms. The molecule has 4 aromatic rings. The van der Waals surface area contributed by atoms with Crippen molar-refractivity contribution in [1.29, 1.82) is 0 Å². The van der Waals surface area contributed by atoms with Crippen LogP contribution in [0.1, 0.15) is 5.56 Å². The van der Waals surface area contributed by atoms with Gasteiger partial charge in [-0.2, -0.15) is 5.10 Å². The summed E-state index contributed by atoms with van der Waals surface area (Å²) in [7, 11) is 0. The van der Waals surface area contributed by atoms with E-state index in [2.05, 4.69) is 10.2 Å². The lowest BCUT2D eigenvalue weighted by atomic mass is 10.1. The monoisotopic (exact) mass is 304 g/mol. The predicted octanol–water partition coefficient (Wildman–Crippen LogP) is 3.84. The van der Waals surface area contributed by atoms with Crippen molar-refractivity contribution < 1.29 is 9.15 Å². The SMILES string of the molecule is Cc1cc(=O)oc2cc(Oc3nncc4ccccc34)ccc12. The molecule has 0 saturated heterocycles. The van der Waals surface area contributed by atoms with Gasteiger partial charge in [0.25, 0.3) is 0 Å². The van der Waals surface area contributed by atoms with Gasteiger partial charge in [-0.15, -0.1) is 5.10 Å². The first-order valence-corrected chi connectivity index (χ1v) is 7.13. The summed E-state index contributed by atoms with van der Waals surface area (Å²) in [6.07, 6.45) is 1.69. The molecule has 5 nitrogen and oxygen atoms in total. The molecule has 0 fully saturated rings. The summed E-state index contributed by atoms with van der Waals surface area (Å²) in [5.41, 5.74) is 0.977. The van der Waals surface area contributed by atoms with Gasteiger partial charge in [-0.25, -0.2) is 4.79 Å². The van der Waals surface area contributed by atoms with Crippen LogP contribution < -0.4 is 10.4 Å². The third kappa shape index (κ3) is 2.42. The van der Waals surface area contributed by atoms with Crippen LogP contribution in [0, 0.1) is 6.92 Å². The minimum absolute atomic E-state index is 0.378. The van der Waals surface area contributed by atoms with E-state index < -0.39 is 0 Å². The highest BCUT2D eigenvalue weighted by Gasteiger charge is 2.08. The molecule has 2 aromatic carbocycles. The molecule has 2 aromatic heterocycles. The Hall–Kier alpha value is -3.21. The van der Waals surface area contributed by atoms with Gasteiger partial charge in [0.1, 0.15) is 11.3 Å². The Kier molecular flexibility index (Phi) is 3.05. The normalized spacial score (nSPS) is 11.0. The van der Waals surface area contributed by atoms with Crippen LogP contribution in [-0.4, -0.2) is 10.2 Å². The molecule has 0 saturated carbocycles. The van der Waals surface area contributed by atoms with Gasteiger partial charge in [0, 0.05) is 28.3 Å². The van der Waals surface area contributed by atoms with E-state index in [1.807, 2.05) is 43.3 Å². The van der Waals surface area contributed by atoms with E-state index in [1.54, 1.807) is 12.3 Å². The Bertz CT molecular complexity index is 1080. The zero-order valence-corrected chi connectivity index (χ0v) is 12.3. The Balaban J connectivity index is 1.82. The third-order valence-electron chi connectivity index (χ3n) is 3.67. The van der Waals surface area contributed by atoms with Gasteiger partial charge in [-0.05, 0) is 30.7 Å². The first-order valence-electron chi connectivity index (χ1n) is 7.13. The summed E-state index contributed by atoms with van der Waals surface area (Å²) in [6.45, 7) is 1.87. The van der Waals surface area contributed by atoms with E-state index in [0.29, 0.717) is 17.2 Å². The summed E-state index contributed by atoms with van der Waals surface area (Å²) in [5.74, 6) is 0.953. The van der Waals surface area contributed by atoms with Gasteiger partial charge in [0.05, 0.1) is 6.20 Å². The number of aromatic nitrogens is 2. The molecule has 0 radical (unpaired) electrons. The maximum atomic E-state index is 11.5. The van der Waals surface area contributed by atoms with Crippen LogP contribution in [0.3, 0.4) is 0 Å². The van der Waals surface area contributed by atoms with Crippen LogP contribution >= 0.6 is 0 Å². The van der Waals surface area contributed by atoms with Gasteiger partial charge < -0.3 is 9.15 Å². The maximum absolute atomic E-state index is 11.5. The zero-order chi connectivity index (χ0) is 15.8. The quantitative estimate of drug-likeness (QED) is 0.526. The fourth-order valence-corrected chi connectivity index (χ4v) is 2.56. The van der Waals surface area contributed by atoms with Gasteiger partial charge in [0.15, 0.2) is 0 Å². The average Bonchev–Trinajstić information content (AvgIpc) is 2.55. The van der Waals surface area contributed by atoms with Crippen LogP contribution in [0.4, 0.5) is 0 Å². The number of ether oxygens (including phenoxy) is 1. The molecule has 2 heterocycles. The topological polar surface area (TPSA) is 65.2 Å². The van der Waals surface area contributed by atoms with Crippen molar-refractivity contribution in [1.82, 2.24) is 10.2 Å². The van der Waals surface area contributed by atoms with E-state index in [0.717, 1.165) is 21.7 Å². The number of aryl methyl sites for hydroxylation is 1. The van der Waals surface area contributed by atoms with Gasteiger partial charge in [-0.1, -0.05) is 18.2 Å². The smallest absolute Gasteiger partial charge is 0.336 e. The number of nitrogens with zero attached hydrogens (tertiary/aromatic N) is 2. The van der Waals surface area contributed by atoms with E-state index in [4.69, 9.17) is 9.15 Å². The lowest BCUT2D eigenvalue weighted by Gasteiger charge is -2.08. The molecule has 0 amide bonds. The fourth-order valence-electron chi connectivity index (χ4n) is 2.56. The number of benzene rings is 2. The number of hydrogen-bond acceptors (Lipinski definition) is 5. The van der Waals surface area contributed by atoms with Gasteiger partial charge >= 0.3 is 5.63 Å². The lowest BCUT2D eigenvalue weighted by molar-refractivity contribution is 0.460. The molecule has 0 bridgehead atoms. The first kappa shape index (κ1) is 13.5. The Morgan fingerprint density at radius 3 is 2.83 bits per heavy atom. The second-order valence-electron chi connectivity index (χ2n) is 5.25. The number of fused-ring (bicyclic) bond motifs is 2. The highest BCUT2D eigenvalue weighted by atomic mass is 16.5. The Morgan fingerprint density at radius 2 is 1.91 bits per heavy atom. The predicted molar refractivity (Wildman–Crippen MR) is 86.8 cm³/mol. The number of rotatable bonds is 2. The summed E-state index contributed by atoms with van der Waals surface area (Å²) >= 11 is 0. The molecule has 112 valence electrons. The highest BCUT2D eigenvalue weighted by molar-refractivity contribution is 5.86. The highest BCUT2D eigenvalue weighted by Crippen LogP contribution is 2.29. The molecular weight excluding hydrogens is 292 g/mol. The van der Waals surface area contributed by atoms with Crippen LogP contribution in [0.2, 0.25) is 0 Å². The third-order valence-corrected chi connectivity index (χ3v) is 3.67. The first-order chi connectivity index (χ1) is 11.2. The zero-order valence-electron chi connectivity index (χ0n) is 12.3. The van der Waals surface area contributed by atoms with E-state index in [9.17, 15) is 4.79 Å². The van der Waals surface area contributed by atoms with E-state index >= 15 is 0 Å². The molecular formula is C18H12N2O3. The average molecular weight is 304 g/mol.